The molecule has 3 aromatic carbocycles. The summed E-state index contributed by atoms with van der Waals surface area (Å²) in [6.45, 7) is 2.91. The SMILES string of the molecule is N#C[C@]1(CCCN2CCC(n3c(=O)[nH]c4ccccc43)CC2)c2ccccc2CSc2ccccc21. The molecule has 6 rings (SSSR count). The van der Waals surface area contributed by atoms with Crippen molar-refractivity contribution in [3.63, 3.8) is 0 Å². The Balaban J connectivity index is 1.17. The second-order valence-electron chi connectivity index (χ2n) is 9.95. The first-order valence-corrected chi connectivity index (χ1v) is 13.8. The Bertz CT molecular complexity index is 1440. The molecule has 3 heterocycles. The second-order valence-corrected chi connectivity index (χ2v) is 11.0. The highest BCUT2D eigenvalue weighted by molar-refractivity contribution is 7.98. The zero-order valence-electron chi connectivity index (χ0n) is 20.3. The van der Waals surface area contributed by atoms with Crippen molar-refractivity contribution in [1.82, 2.24) is 14.5 Å². The molecule has 1 saturated heterocycles. The summed E-state index contributed by atoms with van der Waals surface area (Å²) in [4.78, 5) is 19.4. The number of nitrogens with zero attached hydrogens (tertiary/aromatic N) is 3. The first kappa shape index (κ1) is 23.1. The number of imidazole rings is 1. The van der Waals surface area contributed by atoms with Crippen LogP contribution in [0.25, 0.3) is 11.0 Å². The Hall–Kier alpha value is -3.27. The maximum atomic E-state index is 12.6. The van der Waals surface area contributed by atoms with E-state index >= 15 is 0 Å². The Morgan fingerprint density at radius 2 is 1.69 bits per heavy atom. The van der Waals surface area contributed by atoms with E-state index in [1.807, 2.05) is 40.6 Å². The van der Waals surface area contributed by atoms with Crippen LogP contribution < -0.4 is 5.69 Å². The number of aromatic amines is 1. The Morgan fingerprint density at radius 3 is 2.53 bits per heavy atom. The van der Waals surface area contributed by atoms with Crippen molar-refractivity contribution in [3.05, 3.63) is 100.0 Å². The molecule has 4 aromatic rings. The van der Waals surface area contributed by atoms with Crippen molar-refractivity contribution in [3.8, 4) is 6.07 Å². The highest BCUT2D eigenvalue weighted by Crippen LogP contribution is 2.46. The third-order valence-electron chi connectivity index (χ3n) is 7.97. The van der Waals surface area contributed by atoms with Gasteiger partial charge in [-0.2, -0.15) is 5.26 Å². The molecule has 182 valence electrons. The number of nitriles is 1. The fourth-order valence-corrected chi connectivity index (χ4v) is 7.29. The fraction of sp³-hybridized carbons (Fsp3) is 0.333. The van der Waals surface area contributed by atoms with Crippen LogP contribution in [0.5, 0.6) is 0 Å². The van der Waals surface area contributed by atoms with Crippen molar-refractivity contribution < 1.29 is 0 Å². The number of nitrogens with one attached hydrogen (secondary N) is 1. The lowest BCUT2D eigenvalue weighted by molar-refractivity contribution is 0.182. The summed E-state index contributed by atoms with van der Waals surface area (Å²) in [5.74, 6) is 0.900. The molecular weight excluding hydrogens is 464 g/mol. The van der Waals surface area contributed by atoms with Crippen LogP contribution in [0.4, 0.5) is 0 Å². The average Bonchev–Trinajstić information content (AvgIpc) is 3.19. The molecule has 6 heteroatoms. The predicted octanol–water partition coefficient (Wildman–Crippen LogP) is 5.86. The molecule has 0 saturated carbocycles. The molecule has 1 N–H and O–H groups in total. The number of likely N-dealkylation sites (tertiary alicyclic amines) is 1. The molecule has 0 amide bonds. The van der Waals surface area contributed by atoms with Crippen LogP contribution in [0.3, 0.4) is 0 Å². The van der Waals surface area contributed by atoms with E-state index in [1.165, 1.54) is 16.0 Å². The van der Waals surface area contributed by atoms with Gasteiger partial charge in [0.1, 0.15) is 5.41 Å². The molecule has 0 bridgehead atoms. The standard InChI is InChI=1S/C30H30N4OS/c31-21-30(24-9-2-1-8-22(24)20-36-28-13-6-3-10-25(28)30)16-7-17-33-18-14-23(15-19-33)34-27-12-5-4-11-26(27)32-29(34)35/h1-6,8-13,23H,7,14-20H2,(H,32,35)/t30-/m1/s1. The van der Waals surface area contributed by atoms with Crippen LogP contribution in [-0.4, -0.2) is 34.1 Å². The number of hydrogen-bond donors (Lipinski definition) is 1. The van der Waals surface area contributed by atoms with Crippen LogP contribution >= 0.6 is 11.8 Å². The highest BCUT2D eigenvalue weighted by Gasteiger charge is 2.39. The molecule has 0 spiro atoms. The van der Waals surface area contributed by atoms with Gasteiger partial charge in [-0.05, 0) is 67.1 Å². The van der Waals surface area contributed by atoms with Gasteiger partial charge in [-0.15, -0.1) is 11.8 Å². The molecule has 2 aliphatic heterocycles. The summed E-state index contributed by atoms with van der Waals surface area (Å²) in [7, 11) is 0. The molecule has 0 radical (unpaired) electrons. The van der Waals surface area contributed by atoms with Crippen LogP contribution in [0.1, 0.15) is 48.4 Å². The minimum atomic E-state index is -0.619. The molecule has 1 atom stereocenters. The zero-order chi connectivity index (χ0) is 24.5. The Morgan fingerprint density at radius 1 is 0.972 bits per heavy atom. The van der Waals surface area contributed by atoms with Gasteiger partial charge in [-0.3, -0.25) is 4.57 Å². The molecule has 1 fully saturated rings. The minimum Gasteiger partial charge on any atom is -0.306 e. The first-order valence-electron chi connectivity index (χ1n) is 12.8. The van der Waals surface area contributed by atoms with E-state index in [0.29, 0.717) is 0 Å². The number of benzene rings is 3. The summed E-state index contributed by atoms with van der Waals surface area (Å²) in [5, 5.41) is 10.6. The lowest BCUT2D eigenvalue weighted by atomic mass is 9.71. The number of H-pyrrole nitrogens is 1. The number of piperidine rings is 1. The average molecular weight is 495 g/mol. The normalized spacial score (nSPS) is 20.4. The van der Waals surface area contributed by atoms with Crippen molar-refractivity contribution in [1.29, 1.82) is 5.26 Å². The lowest BCUT2D eigenvalue weighted by Gasteiger charge is -2.34. The van der Waals surface area contributed by atoms with Crippen LogP contribution in [0, 0.1) is 11.3 Å². The summed E-state index contributed by atoms with van der Waals surface area (Å²) in [6, 6.07) is 27.9. The zero-order valence-corrected chi connectivity index (χ0v) is 21.1. The second kappa shape index (κ2) is 9.65. The van der Waals surface area contributed by atoms with Gasteiger partial charge in [-0.1, -0.05) is 54.6 Å². The number of fused-ring (bicyclic) bond motifs is 3. The number of thioether (sulfide) groups is 1. The van der Waals surface area contributed by atoms with Gasteiger partial charge < -0.3 is 9.88 Å². The summed E-state index contributed by atoms with van der Waals surface area (Å²) >= 11 is 1.84. The van der Waals surface area contributed by atoms with E-state index in [4.69, 9.17) is 0 Å². The van der Waals surface area contributed by atoms with E-state index in [9.17, 15) is 10.1 Å². The van der Waals surface area contributed by atoms with Crippen molar-refractivity contribution in [2.75, 3.05) is 19.6 Å². The van der Waals surface area contributed by atoms with Crippen LogP contribution in [0.15, 0.2) is 82.5 Å². The summed E-state index contributed by atoms with van der Waals surface area (Å²) in [5.41, 5.74) is 4.88. The van der Waals surface area contributed by atoms with Crippen molar-refractivity contribution in [2.24, 2.45) is 0 Å². The molecule has 5 nitrogen and oxygen atoms in total. The number of rotatable bonds is 5. The quantitative estimate of drug-likeness (QED) is 0.377. The third-order valence-corrected chi connectivity index (χ3v) is 9.09. The number of para-hydroxylation sites is 2. The Labute approximate surface area is 215 Å². The van der Waals surface area contributed by atoms with E-state index in [-0.39, 0.29) is 11.7 Å². The van der Waals surface area contributed by atoms with Crippen LogP contribution in [-0.2, 0) is 11.2 Å². The van der Waals surface area contributed by atoms with Crippen molar-refractivity contribution in [2.45, 2.75) is 47.8 Å². The Kier molecular flexibility index (Phi) is 6.20. The number of hydrogen-bond acceptors (Lipinski definition) is 4. The molecule has 0 unspecified atom stereocenters. The molecule has 0 aliphatic carbocycles. The molecule has 2 aliphatic rings. The van der Waals surface area contributed by atoms with Crippen LogP contribution in [0.2, 0.25) is 0 Å². The number of aromatic nitrogens is 2. The van der Waals surface area contributed by atoms with Gasteiger partial charge in [0.25, 0.3) is 0 Å². The van der Waals surface area contributed by atoms with Gasteiger partial charge in [-0.25, -0.2) is 4.79 Å². The van der Waals surface area contributed by atoms with E-state index in [2.05, 4.69) is 64.5 Å². The third kappa shape index (κ3) is 3.97. The lowest BCUT2D eigenvalue weighted by Crippen LogP contribution is -2.38. The maximum absolute atomic E-state index is 12.6. The first-order chi connectivity index (χ1) is 17.7. The molecule has 36 heavy (non-hydrogen) atoms. The largest absolute Gasteiger partial charge is 0.326 e. The summed E-state index contributed by atoms with van der Waals surface area (Å²) in [6.07, 6.45) is 3.69. The van der Waals surface area contributed by atoms with Gasteiger partial charge in [0.2, 0.25) is 0 Å². The fourth-order valence-electron chi connectivity index (χ4n) is 6.16. The van der Waals surface area contributed by atoms with Crippen molar-refractivity contribution >= 4 is 22.8 Å². The smallest absolute Gasteiger partial charge is 0.306 e. The van der Waals surface area contributed by atoms with E-state index in [1.54, 1.807) is 0 Å². The highest BCUT2D eigenvalue weighted by atomic mass is 32.2. The van der Waals surface area contributed by atoms with Gasteiger partial charge in [0.05, 0.1) is 17.1 Å². The molecule has 1 aromatic heterocycles. The minimum absolute atomic E-state index is 0.00539. The van der Waals surface area contributed by atoms with E-state index in [0.717, 1.165) is 67.7 Å². The van der Waals surface area contributed by atoms with E-state index < -0.39 is 5.41 Å². The molecular formula is C30H30N4OS. The topological polar surface area (TPSA) is 64.8 Å². The summed E-state index contributed by atoms with van der Waals surface area (Å²) < 4.78 is 1.95. The van der Waals surface area contributed by atoms with Gasteiger partial charge >= 0.3 is 5.69 Å². The maximum Gasteiger partial charge on any atom is 0.326 e. The van der Waals surface area contributed by atoms with Gasteiger partial charge in [0, 0.05) is 29.8 Å². The monoisotopic (exact) mass is 494 g/mol. The van der Waals surface area contributed by atoms with Gasteiger partial charge in [0.15, 0.2) is 0 Å². The predicted molar refractivity (Wildman–Crippen MR) is 145 cm³/mol.